The first kappa shape index (κ1) is 9.02. The first-order chi connectivity index (χ1) is 5.86. The van der Waals surface area contributed by atoms with Gasteiger partial charge in [0.05, 0.1) is 11.4 Å². The zero-order chi connectivity index (χ0) is 8.81. The summed E-state index contributed by atoms with van der Waals surface area (Å²) in [5, 5.41) is 0. The van der Waals surface area contributed by atoms with Crippen molar-refractivity contribution in [1.29, 1.82) is 0 Å². The van der Waals surface area contributed by atoms with Gasteiger partial charge in [-0.15, -0.1) is 0 Å². The lowest BCUT2D eigenvalue weighted by Crippen LogP contribution is -1.63. The van der Waals surface area contributed by atoms with Gasteiger partial charge in [-0.1, -0.05) is 17.2 Å². The van der Waals surface area contributed by atoms with E-state index in [0.717, 1.165) is 16.8 Å². The van der Waals surface area contributed by atoms with Crippen LogP contribution >= 0.6 is 0 Å². The average molecular weight is 198 g/mol. The van der Waals surface area contributed by atoms with Crippen LogP contribution in [0.15, 0.2) is 33.0 Å². The molecule has 3 nitrogen and oxygen atoms in total. The van der Waals surface area contributed by atoms with Crippen LogP contribution in [0.25, 0.3) is 0 Å². The molecule has 1 aromatic carbocycles. The Balaban J connectivity index is 3.11. The Kier molecular flexibility index (Phi) is 3.56. The van der Waals surface area contributed by atoms with Gasteiger partial charge in [0.2, 0.25) is 11.5 Å². The Morgan fingerprint density at radius 3 is 2.50 bits per heavy atom. The van der Waals surface area contributed by atoms with Gasteiger partial charge < -0.3 is 0 Å². The molecule has 0 spiro atoms. The largest absolute Gasteiger partial charge is 0.205 e. The van der Waals surface area contributed by atoms with Crippen LogP contribution in [-0.2, 0) is 22.6 Å². The van der Waals surface area contributed by atoms with Crippen LogP contribution in [0, 0.1) is 0 Å². The van der Waals surface area contributed by atoms with Crippen molar-refractivity contribution in [3.63, 3.8) is 0 Å². The Morgan fingerprint density at radius 1 is 1.25 bits per heavy atom. The third-order valence-electron chi connectivity index (χ3n) is 1.14. The maximum atomic E-state index is 10.1. The van der Waals surface area contributed by atoms with Crippen LogP contribution in [0.1, 0.15) is 0 Å². The van der Waals surface area contributed by atoms with Crippen LogP contribution in [0.5, 0.6) is 0 Å². The molecule has 1 rings (SSSR count). The Labute approximate surface area is 77.4 Å². The van der Waals surface area contributed by atoms with E-state index in [1.54, 1.807) is 18.2 Å². The van der Waals surface area contributed by atoms with E-state index in [4.69, 9.17) is 0 Å². The number of hydrogen-bond acceptors (Lipinski definition) is 3. The summed E-state index contributed by atoms with van der Waals surface area (Å²) in [6.45, 7) is 0. The van der Waals surface area contributed by atoms with Crippen molar-refractivity contribution in [2.24, 2.45) is 8.73 Å². The molecule has 0 aromatic heterocycles. The molecule has 1 aromatic rings. The second-order valence-corrected chi connectivity index (χ2v) is 2.68. The lowest BCUT2D eigenvalue weighted by molar-refractivity contribution is 0.698. The molecule has 0 aliphatic carbocycles. The van der Waals surface area contributed by atoms with E-state index in [9.17, 15) is 4.21 Å². The fourth-order valence-electron chi connectivity index (χ4n) is 0.724. The normalized spacial score (nSPS) is 8.67. The molecule has 0 saturated heterocycles. The first-order valence-corrected chi connectivity index (χ1v) is 4.73. The van der Waals surface area contributed by atoms with E-state index in [-0.39, 0.29) is 11.5 Å². The van der Waals surface area contributed by atoms with Crippen LogP contribution < -0.4 is 0 Å². The van der Waals surface area contributed by atoms with Gasteiger partial charge in [0.15, 0.2) is 0 Å². The van der Waals surface area contributed by atoms with E-state index >= 15 is 0 Å². The molecule has 0 aliphatic rings. The Bertz CT molecular complexity index is 345. The first-order valence-electron chi connectivity index (χ1n) is 3.09. The van der Waals surface area contributed by atoms with Gasteiger partial charge in [0, 0.05) is 0 Å². The maximum absolute atomic E-state index is 10.1. The number of nitrogens with zero attached hydrogens (tertiary/aromatic N) is 2. The zero-order valence-electron chi connectivity index (χ0n) is 6.14. The van der Waals surface area contributed by atoms with Crippen molar-refractivity contribution in [3.8, 4) is 0 Å². The molecule has 0 N–H and O–H groups in total. The van der Waals surface area contributed by atoms with E-state index in [1.165, 1.54) is 0 Å². The minimum atomic E-state index is 0.192. The van der Waals surface area contributed by atoms with Gasteiger partial charge in [-0.3, -0.25) is 0 Å². The van der Waals surface area contributed by atoms with Crippen molar-refractivity contribution in [1.82, 2.24) is 0 Å². The highest BCUT2D eigenvalue weighted by atomic mass is 32.1. The molecule has 0 bridgehead atoms. The smallest absolute Gasteiger partial charge is 0.194 e. The van der Waals surface area contributed by atoms with Crippen molar-refractivity contribution in [3.05, 3.63) is 24.3 Å². The van der Waals surface area contributed by atoms with Gasteiger partial charge in [-0.2, -0.15) is 12.9 Å². The molecule has 12 heavy (non-hydrogen) atoms. The summed E-state index contributed by atoms with van der Waals surface area (Å²) in [5.74, 6) is 3.51. The SMILES string of the molecule is C=S=Nc1cccc(N=S=O)c1. The van der Waals surface area contributed by atoms with Crippen molar-refractivity contribution in [2.45, 2.75) is 0 Å². The summed E-state index contributed by atoms with van der Waals surface area (Å²) in [7, 11) is 0. The molecule has 0 unspecified atom stereocenters. The summed E-state index contributed by atoms with van der Waals surface area (Å²) in [6, 6.07) is 7.09. The second-order valence-electron chi connectivity index (χ2n) is 1.91. The number of rotatable bonds is 2. The second kappa shape index (κ2) is 4.74. The topological polar surface area (TPSA) is 41.8 Å². The summed E-state index contributed by atoms with van der Waals surface area (Å²) in [5.41, 5.74) is 1.40. The summed E-state index contributed by atoms with van der Waals surface area (Å²) >= 11 is 1.32. The highest BCUT2D eigenvalue weighted by Crippen LogP contribution is 2.19. The minimum Gasteiger partial charge on any atom is -0.194 e. The van der Waals surface area contributed by atoms with Gasteiger partial charge in [-0.25, -0.2) is 0 Å². The monoisotopic (exact) mass is 198 g/mol. The van der Waals surface area contributed by atoms with E-state index in [2.05, 4.69) is 14.6 Å². The highest BCUT2D eigenvalue weighted by Gasteiger charge is 1.90. The van der Waals surface area contributed by atoms with Gasteiger partial charge in [0.25, 0.3) is 0 Å². The molecule has 0 atom stereocenters. The predicted octanol–water partition coefficient (Wildman–Crippen LogP) is 2.04. The average Bonchev–Trinajstić information content (AvgIpc) is 2.06. The molecule has 5 heteroatoms. The van der Waals surface area contributed by atoms with Crippen molar-refractivity contribution >= 4 is 39.9 Å². The molecular formula is C7H6N2OS2. The van der Waals surface area contributed by atoms with Crippen LogP contribution in [0.3, 0.4) is 0 Å². The Morgan fingerprint density at radius 2 is 1.92 bits per heavy atom. The molecule has 0 aliphatic heterocycles. The van der Waals surface area contributed by atoms with Crippen LogP contribution in [-0.4, -0.2) is 10.1 Å². The molecule has 0 radical (unpaired) electrons. The third-order valence-corrected chi connectivity index (χ3v) is 1.77. The highest BCUT2D eigenvalue weighted by molar-refractivity contribution is 7.66. The van der Waals surface area contributed by atoms with Crippen molar-refractivity contribution in [2.75, 3.05) is 0 Å². The van der Waals surface area contributed by atoms with Crippen LogP contribution in [0.4, 0.5) is 11.4 Å². The summed E-state index contributed by atoms with van der Waals surface area (Å²) in [6.07, 6.45) is 0. The molecular weight excluding hydrogens is 192 g/mol. The molecule has 0 fully saturated rings. The lowest BCUT2D eigenvalue weighted by atomic mass is 10.3. The molecule has 0 amide bonds. The van der Waals surface area contributed by atoms with Crippen LogP contribution in [0.2, 0.25) is 0 Å². The van der Waals surface area contributed by atoms with Gasteiger partial charge in [-0.05, 0) is 24.1 Å². The van der Waals surface area contributed by atoms with Gasteiger partial charge in [0.1, 0.15) is 0 Å². The van der Waals surface area contributed by atoms with E-state index in [1.807, 2.05) is 6.07 Å². The molecule has 62 valence electrons. The maximum Gasteiger partial charge on any atom is 0.205 e. The third kappa shape index (κ3) is 2.52. The lowest BCUT2D eigenvalue weighted by Gasteiger charge is -1.90. The number of benzene rings is 1. The quantitative estimate of drug-likeness (QED) is 0.670. The fourth-order valence-corrected chi connectivity index (χ4v) is 1.19. The Hall–Kier alpha value is -1.07. The summed E-state index contributed by atoms with van der Waals surface area (Å²) < 4.78 is 17.7. The van der Waals surface area contributed by atoms with E-state index in [0.29, 0.717) is 5.69 Å². The fraction of sp³-hybridized carbons (Fsp3) is 0. The predicted molar refractivity (Wildman–Crippen MR) is 53.2 cm³/mol. The van der Waals surface area contributed by atoms with Crippen molar-refractivity contribution < 1.29 is 4.21 Å². The molecule has 0 heterocycles. The number of hydrogen-bond donors (Lipinski definition) is 0. The standard InChI is InChI=1S/C7H6N2OS2/c1-11-8-6-3-2-4-7(5-6)9-12-10/h2-5H,1H2. The molecule has 0 saturated carbocycles. The van der Waals surface area contributed by atoms with Gasteiger partial charge >= 0.3 is 0 Å². The zero-order valence-corrected chi connectivity index (χ0v) is 7.77. The summed E-state index contributed by atoms with van der Waals surface area (Å²) in [4.78, 5) is 0. The van der Waals surface area contributed by atoms with E-state index < -0.39 is 0 Å². The minimum absolute atomic E-state index is 0.192.